The van der Waals surface area contributed by atoms with E-state index in [0.717, 1.165) is 5.56 Å². The fourth-order valence-corrected chi connectivity index (χ4v) is 1.63. The van der Waals surface area contributed by atoms with Gasteiger partial charge in [0.2, 0.25) is 0 Å². The second-order valence-electron chi connectivity index (χ2n) is 3.81. The lowest BCUT2D eigenvalue weighted by Crippen LogP contribution is -2.11. The zero-order chi connectivity index (χ0) is 12.1. The highest BCUT2D eigenvalue weighted by atomic mass is 19.2. The largest absolute Gasteiger partial charge is 0.246 e. The van der Waals surface area contributed by atoms with Crippen LogP contribution < -0.4 is 5.12 Å². The fourth-order valence-electron chi connectivity index (χ4n) is 1.63. The molecule has 88 valence electrons. The number of rotatable bonds is 4. The molecule has 1 nitrogen and oxygen atoms in total. The van der Waals surface area contributed by atoms with E-state index in [2.05, 4.69) is 0 Å². The van der Waals surface area contributed by atoms with Crippen LogP contribution >= 0.6 is 0 Å². The third-order valence-electron chi connectivity index (χ3n) is 2.51. The molecule has 0 aliphatic heterocycles. The molecule has 0 amide bonds. The minimum absolute atomic E-state index is 0.163. The molecule has 0 spiro atoms. The Bertz CT molecular complexity index is 471. The van der Waals surface area contributed by atoms with Crippen molar-refractivity contribution in [2.75, 3.05) is 5.12 Å². The van der Waals surface area contributed by atoms with E-state index in [9.17, 15) is 8.87 Å². The van der Waals surface area contributed by atoms with Gasteiger partial charge in [-0.15, -0.1) is 0 Å². The second-order valence-corrected chi connectivity index (χ2v) is 3.81. The Morgan fingerprint density at radius 1 is 0.882 bits per heavy atom. The van der Waals surface area contributed by atoms with E-state index in [1.807, 2.05) is 30.3 Å². The number of benzene rings is 2. The molecule has 0 unspecified atom stereocenters. The number of hydrogen-bond acceptors (Lipinski definition) is 1. The summed E-state index contributed by atoms with van der Waals surface area (Å²) in [4.78, 5) is 0. The third-order valence-corrected chi connectivity index (χ3v) is 2.51. The highest BCUT2D eigenvalue weighted by Crippen LogP contribution is 2.19. The lowest BCUT2D eigenvalue weighted by atomic mass is 10.2. The van der Waals surface area contributed by atoms with E-state index < -0.39 is 6.67 Å². The maximum absolute atomic E-state index is 13.8. The summed E-state index contributed by atoms with van der Waals surface area (Å²) >= 11 is 0. The van der Waals surface area contributed by atoms with E-state index in [4.69, 9.17) is 0 Å². The number of alkyl halides is 1. The second kappa shape index (κ2) is 5.43. The van der Waals surface area contributed by atoms with Crippen LogP contribution in [0, 0.1) is 0 Å². The van der Waals surface area contributed by atoms with Gasteiger partial charge in [0.15, 0.2) is 0 Å². The van der Waals surface area contributed by atoms with Crippen LogP contribution in [0.5, 0.6) is 0 Å². The predicted octanol–water partition coefficient (Wildman–Crippen LogP) is 4.05. The smallest absolute Gasteiger partial charge is 0.115 e. The van der Waals surface area contributed by atoms with Crippen molar-refractivity contribution >= 4 is 5.69 Å². The van der Waals surface area contributed by atoms with Crippen LogP contribution in [0.4, 0.5) is 14.6 Å². The molecule has 0 aliphatic rings. The first-order valence-electron chi connectivity index (χ1n) is 5.42. The SMILES string of the molecule is FCc1cccc(N(F)Cc2ccccc2)c1. The minimum atomic E-state index is -0.576. The molecule has 0 aliphatic carbocycles. The molecular formula is C14H13F2N. The first kappa shape index (κ1) is 11.6. The summed E-state index contributed by atoms with van der Waals surface area (Å²) in [5.41, 5.74) is 1.74. The molecule has 0 aromatic heterocycles. The van der Waals surface area contributed by atoms with Crippen LogP contribution in [0.1, 0.15) is 11.1 Å². The highest BCUT2D eigenvalue weighted by Gasteiger charge is 2.06. The molecule has 0 heterocycles. The van der Waals surface area contributed by atoms with Crippen molar-refractivity contribution in [2.45, 2.75) is 13.2 Å². The van der Waals surface area contributed by atoms with E-state index in [1.165, 1.54) is 6.07 Å². The minimum Gasteiger partial charge on any atom is -0.246 e. The summed E-state index contributed by atoms with van der Waals surface area (Å²) in [7, 11) is 0. The van der Waals surface area contributed by atoms with Gasteiger partial charge in [0, 0.05) is 0 Å². The molecule has 2 rings (SSSR count). The molecule has 3 heteroatoms. The van der Waals surface area contributed by atoms with Crippen LogP contribution in [0.3, 0.4) is 0 Å². The Morgan fingerprint density at radius 3 is 2.29 bits per heavy atom. The van der Waals surface area contributed by atoms with Crippen molar-refractivity contribution in [3.8, 4) is 0 Å². The van der Waals surface area contributed by atoms with E-state index in [0.29, 0.717) is 16.4 Å². The van der Waals surface area contributed by atoms with Gasteiger partial charge in [-0.05, 0) is 23.3 Å². The standard InChI is InChI=1S/C14H13F2N/c15-10-13-7-4-8-14(9-13)17(16)11-12-5-2-1-3-6-12/h1-9H,10-11H2. The molecule has 0 radical (unpaired) electrons. The van der Waals surface area contributed by atoms with Gasteiger partial charge in [-0.2, -0.15) is 0 Å². The van der Waals surface area contributed by atoms with Crippen molar-refractivity contribution in [1.82, 2.24) is 0 Å². The molecule has 0 saturated carbocycles. The van der Waals surface area contributed by atoms with Crippen molar-refractivity contribution in [3.63, 3.8) is 0 Å². The summed E-state index contributed by atoms with van der Waals surface area (Å²) in [5, 5.41) is 0.620. The van der Waals surface area contributed by atoms with Gasteiger partial charge < -0.3 is 0 Å². The summed E-state index contributed by atoms with van der Waals surface area (Å²) in [5.74, 6) is 0. The Balaban J connectivity index is 2.11. The Hall–Kier alpha value is -1.90. The highest BCUT2D eigenvalue weighted by molar-refractivity contribution is 5.46. The van der Waals surface area contributed by atoms with E-state index >= 15 is 0 Å². The lowest BCUT2D eigenvalue weighted by molar-refractivity contribution is 0.429. The first-order chi connectivity index (χ1) is 8.29. The van der Waals surface area contributed by atoms with Crippen LogP contribution in [0.2, 0.25) is 0 Å². The Kier molecular flexibility index (Phi) is 3.70. The van der Waals surface area contributed by atoms with Crippen molar-refractivity contribution in [2.24, 2.45) is 0 Å². The molecule has 2 aromatic carbocycles. The molecule has 0 N–H and O–H groups in total. The van der Waals surface area contributed by atoms with Gasteiger partial charge in [-0.3, -0.25) is 0 Å². The van der Waals surface area contributed by atoms with E-state index in [1.54, 1.807) is 18.2 Å². The zero-order valence-electron chi connectivity index (χ0n) is 9.31. The quantitative estimate of drug-likeness (QED) is 0.720. The van der Waals surface area contributed by atoms with Crippen molar-refractivity contribution < 1.29 is 8.87 Å². The van der Waals surface area contributed by atoms with Gasteiger partial charge in [-0.25, -0.2) is 9.51 Å². The fraction of sp³-hybridized carbons (Fsp3) is 0.143. The summed E-state index contributed by atoms with van der Waals surface area (Å²) < 4.78 is 26.3. The van der Waals surface area contributed by atoms with Gasteiger partial charge in [-0.1, -0.05) is 46.9 Å². The molecule has 0 bridgehead atoms. The summed E-state index contributed by atoms with van der Waals surface area (Å²) in [6.07, 6.45) is 0. The monoisotopic (exact) mass is 233 g/mol. The number of hydrogen-bond donors (Lipinski definition) is 0. The van der Waals surface area contributed by atoms with Gasteiger partial charge in [0.1, 0.15) is 6.67 Å². The van der Waals surface area contributed by atoms with E-state index in [-0.39, 0.29) is 6.54 Å². The van der Waals surface area contributed by atoms with Gasteiger partial charge in [0.05, 0.1) is 12.2 Å². The van der Waals surface area contributed by atoms with Crippen LogP contribution in [-0.4, -0.2) is 0 Å². The average molecular weight is 233 g/mol. The first-order valence-corrected chi connectivity index (χ1v) is 5.42. The normalized spacial score (nSPS) is 10.2. The van der Waals surface area contributed by atoms with Crippen LogP contribution in [0.25, 0.3) is 0 Å². The maximum atomic E-state index is 13.8. The maximum Gasteiger partial charge on any atom is 0.115 e. The number of nitrogens with zero attached hydrogens (tertiary/aromatic N) is 1. The zero-order valence-corrected chi connectivity index (χ0v) is 9.31. The van der Waals surface area contributed by atoms with Crippen LogP contribution in [0.15, 0.2) is 54.6 Å². The number of anilines is 1. The number of halogens is 2. The molecule has 0 fully saturated rings. The van der Waals surface area contributed by atoms with Gasteiger partial charge >= 0.3 is 0 Å². The Morgan fingerprint density at radius 2 is 1.59 bits per heavy atom. The molecular weight excluding hydrogens is 220 g/mol. The third kappa shape index (κ3) is 3.03. The Labute approximate surface area is 99.2 Å². The molecule has 2 aromatic rings. The average Bonchev–Trinajstić information content (AvgIpc) is 2.40. The van der Waals surface area contributed by atoms with Crippen LogP contribution in [-0.2, 0) is 13.2 Å². The summed E-state index contributed by atoms with van der Waals surface area (Å²) in [6.45, 7) is -0.413. The molecule has 0 saturated heterocycles. The predicted molar refractivity (Wildman–Crippen MR) is 65.0 cm³/mol. The van der Waals surface area contributed by atoms with Crippen molar-refractivity contribution in [3.05, 3.63) is 65.7 Å². The summed E-state index contributed by atoms with van der Waals surface area (Å²) in [6, 6.07) is 15.8. The molecule has 0 atom stereocenters. The molecule has 17 heavy (non-hydrogen) atoms. The van der Waals surface area contributed by atoms with Gasteiger partial charge in [0.25, 0.3) is 0 Å². The topological polar surface area (TPSA) is 3.24 Å². The van der Waals surface area contributed by atoms with Crippen molar-refractivity contribution in [1.29, 1.82) is 0 Å². The lowest BCUT2D eigenvalue weighted by Gasteiger charge is -2.14.